The van der Waals surface area contributed by atoms with Gasteiger partial charge in [0, 0.05) is 41.4 Å². The van der Waals surface area contributed by atoms with Gasteiger partial charge in [-0.15, -0.1) is 0 Å². The largest absolute Gasteiger partial charge is 0.366 e. The van der Waals surface area contributed by atoms with Gasteiger partial charge in [-0.3, -0.25) is 9.78 Å². The number of halogens is 3. The standard InChI is InChI=1S/C21H22Cl2FN3O2/c1-27-9-10-29-20(13-27)6-7-21(24,16-3-2-8-25-18(16)20)19(28)26-12-14-4-5-15(22)11-17(14)23/h2-5,8,11H,6-7,9-10,12-13H2,1H3,(H,26,28)/t20-,21+/m1/s1. The van der Waals surface area contributed by atoms with Crippen molar-refractivity contribution in [2.75, 3.05) is 26.7 Å². The van der Waals surface area contributed by atoms with Crippen LogP contribution in [-0.2, 0) is 27.3 Å². The predicted octanol–water partition coefficient (Wildman–Crippen LogP) is 3.82. The zero-order valence-electron chi connectivity index (χ0n) is 16.1. The highest BCUT2D eigenvalue weighted by atomic mass is 35.5. The maximum Gasteiger partial charge on any atom is 0.262 e. The number of benzene rings is 1. The van der Waals surface area contributed by atoms with Gasteiger partial charge < -0.3 is 15.0 Å². The fourth-order valence-corrected chi connectivity index (χ4v) is 4.66. The van der Waals surface area contributed by atoms with Gasteiger partial charge in [-0.2, -0.15) is 0 Å². The second-order valence-electron chi connectivity index (χ2n) is 7.70. The summed E-state index contributed by atoms with van der Waals surface area (Å²) in [5.74, 6) is -0.697. The Morgan fingerprint density at radius 1 is 1.34 bits per heavy atom. The van der Waals surface area contributed by atoms with Crippen LogP contribution in [0.5, 0.6) is 0 Å². The molecule has 5 nitrogen and oxygen atoms in total. The van der Waals surface area contributed by atoms with Crippen molar-refractivity contribution in [3.63, 3.8) is 0 Å². The second-order valence-corrected chi connectivity index (χ2v) is 8.54. The summed E-state index contributed by atoms with van der Waals surface area (Å²) in [5.41, 5.74) is -1.39. The number of ether oxygens (including phenoxy) is 1. The number of amides is 1. The number of carbonyl (C=O) groups is 1. The number of likely N-dealkylation sites (N-methyl/N-ethyl adjacent to an activating group) is 1. The smallest absolute Gasteiger partial charge is 0.262 e. The lowest BCUT2D eigenvalue weighted by atomic mass is 9.73. The number of hydrogen-bond donors (Lipinski definition) is 1. The van der Waals surface area contributed by atoms with Gasteiger partial charge in [-0.1, -0.05) is 35.3 Å². The Labute approximate surface area is 179 Å². The number of nitrogens with one attached hydrogen (secondary N) is 1. The SMILES string of the molecule is CN1CCO[C@]2(CC[C@@](F)(C(=O)NCc3ccc(Cl)cc3Cl)c3cccnc32)C1. The van der Waals surface area contributed by atoms with E-state index in [9.17, 15) is 4.79 Å². The van der Waals surface area contributed by atoms with E-state index >= 15 is 4.39 Å². The van der Waals surface area contributed by atoms with E-state index in [1.807, 2.05) is 7.05 Å². The molecule has 1 aliphatic carbocycles. The number of morpholine rings is 1. The summed E-state index contributed by atoms with van der Waals surface area (Å²) in [7, 11) is 2.01. The zero-order valence-corrected chi connectivity index (χ0v) is 17.6. The Bertz CT molecular complexity index is 944. The van der Waals surface area contributed by atoms with Crippen molar-refractivity contribution in [1.29, 1.82) is 0 Å². The molecule has 1 N–H and O–H groups in total. The van der Waals surface area contributed by atoms with E-state index in [1.165, 1.54) is 0 Å². The highest BCUT2D eigenvalue weighted by molar-refractivity contribution is 6.35. The first-order chi connectivity index (χ1) is 13.8. The summed E-state index contributed by atoms with van der Waals surface area (Å²) in [6.07, 6.45) is 2.03. The molecule has 2 aromatic rings. The summed E-state index contributed by atoms with van der Waals surface area (Å²) in [5, 5.41) is 3.62. The highest BCUT2D eigenvalue weighted by Gasteiger charge is 2.54. The Hall–Kier alpha value is -1.73. The molecule has 4 rings (SSSR count). The van der Waals surface area contributed by atoms with Gasteiger partial charge in [0.1, 0.15) is 5.60 Å². The van der Waals surface area contributed by atoms with Gasteiger partial charge >= 0.3 is 0 Å². The molecule has 0 bridgehead atoms. The average molecular weight is 438 g/mol. The van der Waals surface area contributed by atoms with Crippen LogP contribution < -0.4 is 5.32 Å². The normalized spacial score (nSPS) is 26.9. The zero-order chi connectivity index (χ0) is 20.6. The number of alkyl halides is 1. The molecule has 2 heterocycles. The van der Waals surface area contributed by atoms with E-state index in [-0.39, 0.29) is 18.5 Å². The number of nitrogens with zero attached hydrogens (tertiary/aromatic N) is 2. The Balaban J connectivity index is 1.60. The molecule has 0 radical (unpaired) electrons. The second kappa shape index (κ2) is 7.84. The Morgan fingerprint density at radius 2 is 2.17 bits per heavy atom. The van der Waals surface area contributed by atoms with Crippen LogP contribution in [0, 0.1) is 0 Å². The van der Waals surface area contributed by atoms with Crippen LogP contribution in [0.4, 0.5) is 4.39 Å². The monoisotopic (exact) mass is 437 g/mol. The lowest BCUT2D eigenvalue weighted by molar-refractivity contribution is -0.148. The number of aromatic nitrogens is 1. The molecule has 8 heteroatoms. The molecule has 1 amide bonds. The topological polar surface area (TPSA) is 54.5 Å². The van der Waals surface area contributed by atoms with E-state index in [2.05, 4.69) is 15.2 Å². The summed E-state index contributed by atoms with van der Waals surface area (Å²) in [4.78, 5) is 19.5. The molecule has 29 heavy (non-hydrogen) atoms. The third-order valence-electron chi connectivity index (χ3n) is 5.73. The van der Waals surface area contributed by atoms with Crippen LogP contribution in [0.1, 0.15) is 29.7 Å². The minimum Gasteiger partial charge on any atom is -0.366 e. The van der Waals surface area contributed by atoms with Crippen molar-refractivity contribution >= 4 is 29.1 Å². The van der Waals surface area contributed by atoms with Gasteiger partial charge in [-0.25, -0.2) is 4.39 Å². The third kappa shape index (κ3) is 3.75. The molecule has 2 atom stereocenters. The minimum absolute atomic E-state index is 0.0275. The first-order valence-electron chi connectivity index (χ1n) is 9.54. The fraction of sp³-hybridized carbons (Fsp3) is 0.429. The minimum atomic E-state index is -2.17. The first kappa shape index (κ1) is 20.5. The van der Waals surface area contributed by atoms with E-state index in [0.29, 0.717) is 40.9 Å². The molecule has 2 aliphatic rings. The molecular formula is C21H22Cl2FN3O2. The maximum atomic E-state index is 16.1. The number of fused-ring (bicyclic) bond motifs is 2. The van der Waals surface area contributed by atoms with Gasteiger partial charge in [0.25, 0.3) is 5.91 Å². The molecule has 1 spiro atoms. The molecule has 1 fully saturated rings. The van der Waals surface area contributed by atoms with Crippen molar-refractivity contribution in [2.45, 2.75) is 30.7 Å². The molecule has 1 aliphatic heterocycles. The molecule has 154 valence electrons. The Kier molecular flexibility index (Phi) is 5.55. The van der Waals surface area contributed by atoms with Gasteiger partial charge in [-0.05, 0) is 43.7 Å². The van der Waals surface area contributed by atoms with Crippen LogP contribution in [0.15, 0.2) is 36.5 Å². The van der Waals surface area contributed by atoms with Crippen molar-refractivity contribution < 1.29 is 13.9 Å². The fourth-order valence-electron chi connectivity index (χ4n) is 4.18. The highest BCUT2D eigenvalue weighted by Crippen LogP contribution is 2.48. The number of carbonyl (C=O) groups excluding carboxylic acids is 1. The van der Waals surface area contributed by atoms with Crippen LogP contribution >= 0.6 is 23.2 Å². The van der Waals surface area contributed by atoms with Gasteiger partial charge in [0.05, 0.1) is 12.3 Å². The summed E-state index contributed by atoms with van der Waals surface area (Å²) in [6.45, 7) is 2.09. The summed E-state index contributed by atoms with van der Waals surface area (Å²) < 4.78 is 22.2. The number of hydrogen-bond acceptors (Lipinski definition) is 4. The van der Waals surface area contributed by atoms with E-state index in [0.717, 1.165) is 6.54 Å². The van der Waals surface area contributed by atoms with Gasteiger partial charge in [0.2, 0.25) is 5.67 Å². The number of rotatable bonds is 3. The van der Waals surface area contributed by atoms with Gasteiger partial charge in [0.15, 0.2) is 0 Å². The quantitative estimate of drug-likeness (QED) is 0.792. The average Bonchev–Trinajstić information content (AvgIpc) is 2.70. The molecule has 1 aromatic carbocycles. The van der Waals surface area contributed by atoms with Crippen molar-refractivity contribution in [3.05, 3.63) is 63.4 Å². The maximum absolute atomic E-state index is 16.1. The van der Waals surface area contributed by atoms with Crippen molar-refractivity contribution in [3.8, 4) is 0 Å². The van der Waals surface area contributed by atoms with E-state index in [4.69, 9.17) is 27.9 Å². The molecular weight excluding hydrogens is 416 g/mol. The lowest BCUT2D eigenvalue weighted by Gasteiger charge is -2.46. The summed E-state index contributed by atoms with van der Waals surface area (Å²) >= 11 is 12.1. The van der Waals surface area contributed by atoms with E-state index in [1.54, 1.807) is 36.5 Å². The first-order valence-corrected chi connectivity index (χ1v) is 10.3. The molecule has 1 aromatic heterocycles. The molecule has 0 saturated carbocycles. The van der Waals surface area contributed by atoms with E-state index < -0.39 is 17.2 Å². The van der Waals surface area contributed by atoms with Crippen LogP contribution in [0.3, 0.4) is 0 Å². The number of pyridine rings is 1. The van der Waals surface area contributed by atoms with Crippen LogP contribution in [0.2, 0.25) is 10.0 Å². The third-order valence-corrected chi connectivity index (χ3v) is 6.32. The lowest BCUT2D eigenvalue weighted by Crippen LogP contribution is -2.54. The molecule has 0 unspecified atom stereocenters. The van der Waals surface area contributed by atoms with Crippen molar-refractivity contribution in [2.24, 2.45) is 0 Å². The van der Waals surface area contributed by atoms with Crippen LogP contribution in [-0.4, -0.2) is 42.5 Å². The molecule has 1 saturated heterocycles. The van der Waals surface area contributed by atoms with Crippen LogP contribution in [0.25, 0.3) is 0 Å². The predicted molar refractivity (Wildman–Crippen MR) is 110 cm³/mol. The van der Waals surface area contributed by atoms with Crippen molar-refractivity contribution in [1.82, 2.24) is 15.2 Å². The summed E-state index contributed by atoms with van der Waals surface area (Å²) in [6, 6.07) is 8.28. The Morgan fingerprint density at radius 3 is 2.93 bits per heavy atom.